The molecule has 0 bridgehead atoms. The van der Waals surface area contributed by atoms with Crippen molar-refractivity contribution in [1.29, 1.82) is 0 Å². The van der Waals surface area contributed by atoms with Gasteiger partial charge >= 0.3 is 0 Å². The van der Waals surface area contributed by atoms with Crippen LogP contribution in [0.15, 0.2) is 30.4 Å². The standard InChI is InChI=1S/C30H41NO3.H2O/c1-30-17-16-25-24-11-8-21(20-32)19-22(24)9-12-26(25)27(30)13-10-23(30)7-5-3-2-4-6-18-31-28(33)14-15-29(31)34;/h8,11,14-15,19,23,25-27,32H,2-7,9-10,12-13,16-18,20H2,1H3;1H2/t23-,25+,26+,27-,30+;/m0./s1. The Balaban J connectivity index is 0.00000289. The average molecular weight is 482 g/mol. The van der Waals surface area contributed by atoms with Crippen LogP contribution in [0.2, 0.25) is 0 Å². The molecule has 2 fully saturated rings. The van der Waals surface area contributed by atoms with Gasteiger partial charge in [-0.3, -0.25) is 14.5 Å². The number of aliphatic hydroxyl groups is 1. The van der Waals surface area contributed by atoms with Crippen molar-refractivity contribution < 1.29 is 20.2 Å². The molecule has 3 aliphatic carbocycles. The number of aliphatic hydroxyl groups excluding tert-OH is 1. The fourth-order valence-electron chi connectivity index (χ4n) is 8.16. The van der Waals surface area contributed by atoms with Crippen LogP contribution >= 0.6 is 0 Å². The molecule has 5 rings (SSSR count). The molecule has 0 unspecified atom stereocenters. The molecule has 0 radical (unpaired) electrons. The minimum Gasteiger partial charge on any atom is -0.412 e. The Morgan fingerprint density at radius 2 is 1.71 bits per heavy atom. The molecule has 4 aliphatic rings. The number of unbranched alkanes of at least 4 members (excludes halogenated alkanes) is 4. The van der Waals surface area contributed by atoms with E-state index in [0.717, 1.165) is 42.1 Å². The third-order valence-corrected chi connectivity index (χ3v) is 10.0. The summed E-state index contributed by atoms with van der Waals surface area (Å²) in [6.45, 7) is 3.34. The minimum atomic E-state index is -0.153. The first-order chi connectivity index (χ1) is 16.5. The maximum atomic E-state index is 11.6. The van der Waals surface area contributed by atoms with Crippen molar-refractivity contribution in [3.63, 3.8) is 0 Å². The monoisotopic (exact) mass is 481 g/mol. The zero-order valence-corrected chi connectivity index (χ0v) is 21.3. The fourth-order valence-corrected chi connectivity index (χ4v) is 8.16. The Labute approximate surface area is 210 Å². The number of nitrogens with zero attached hydrogens (tertiary/aromatic N) is 1. The van der Waals surface area contributed by atoms with Crippen molar-refractivity contribution >= 4 is 11.8 Å². The Morgan fingerprint density at radius 3 is 2.49 bits per heavy atom. The van der Waals surface area contributed by atoms with E-state index in [-0.39, 0.29) is 23.9 Å². The van der Waals surface area contributed by atoms with E-state index in [4.69, 9.17) is 0 Å². The van der Waals surface area contributed by atoms with Gasteiger partial charge in [-0.25, -0.2) is 0 Å². The molecular formula is C30H43NO4. The van der Waals surface area contributed by atoms with Gasteiger partial charge in [0.05, 0.1) is 6.61 Å². The summed E-state index contributed by atoms with van der Waals surface area (Å²) in [5.41, 5.74) is 4.68. The Kier molecular flexibility index (Phi) is 8.17. The number of amides is 2. The van der Waals surface area contributed by atoms with Crippen molar-refractivity contribution in [2.45, 2.75) is 96.5 Å². The van der Waals surface area contributed by atoms with Crippen molar-refractivity contribution in [3.05, 3.63) is 47.0 Å². The van der Waals surface area contributed by atoms with E-state index >= 15 is 0 Å². The van der Waals surface area contributed by atoms with Crippen LogP contribution in [0.1, 0.15) is 100 Å². The molecule has 1 heterocycles. The highest BCUT2D eigenvalue weighted by Crippen LogP contribution is 2.63. The van der Waals surface area contributed by atoms with E-state index in [1.165, 1.54) is 86.8 Å². The summed E-state index contributed by atoms with van der Waals surface area (Å²) in [6.07, 6.45) is 18.0. The molecule has 0 spiro atoms. The summed E-state index contributed by atoms with van der Waals surface area (Å²) in [5, 5.41) is 9.52. The number of hydrogen-bond donors (Lipinski definition) is 1. The number of fused-ring (bicyclic) bond motifs is 5. The molecule has 2 saturated carbocycles. The van der Waals surface area contributed by atoms with Crippen molar-refractivity contribution in [1.82, 2.24) is 4.90 Å². The SMILES string of the molecule is C[C@]12CC[C@@H]3c4ccc(CO)cc4CC[C@H]3[C@@H]1CC[C@@H]2CCCCCCCN1C(=O)C=CC1=O.O. The van der Waals surface area contributed by atoms with E-state index in [2.05, 4.69) is 25.1 Å². The predicted octanol–water partition coefficient (Wildman–Crippen LogP) is 5.09. The molecule has 2 amide bonds. The zero-order chi connectivity index (χ0) is 23.7. The maximum Gasteiger partial charge on any atom is 0.253 e. The van der Waals surface area contributed by atoms with Crippen LogP contribution in [-0.2, 0) is 22.6 Å². The molecule has 1 aromatic rings. The van der Waals surface area contributed by atoms with Crippen molar-refractivity contribution in [2.75, 3.05) is 6.54 Å². The van der Waals surface area contributed by atoms with Crippen LogP contribution in [0.4, 0.5) is 0 Å². The zero-order valence-electron chi connectivity index (χ0n) is 21.3. The summed E-state index contributed by atoms with van der Waals surface area (Å²) >= 11 is 0. The topological polar surface area (TPSA) is 89.1 Å². The average Bonchev–Trinajstić information content (AvgIpc) is 3.36. The molecule has 1 aliphatic heterocycles. The number of benzene rings is 1. The Morgan fingerprint density at radius 1 is 0.971 bits per heavy atom. The van der Waals surface area contributed by atoms with Gasteiger partial charge in [0.15, 0.2) is 0 Å². The largest absolute Gasteiger partial charge is 0.412 e. The highest BCUT2D eigenvalue weighted by molar-refractivity contribution is 6.12. The highest BCUT2D eigenvalue weighted by Gasteiger charge is 2.54. The van der Waals surface area contributed by atoms with Gasteiger partial charge in [0, 0.05) is 18.7 Å². The van der Waals surface area contributed by atoms with E-state index < -0.39 is 0 Å². The molecule has 5 nitrogen and oxygen atoms in total. The van der Waals surface area contributed by atoms with Crippen LogP contribution in [0.3, 0.4) is 0 Å². The van der Waals surface area contributed by atoms with E-state index in [1.807, 2.05) is 0 Å². The van der Waals surface area contributed by atoms with Gasteiger partial charge in [0.2, 0.25) is 0 Å². The van der Waals surface area contributed by atoms with Crippen LogP contribution < -0.4 is 0 Å². The molecular weight excluding hydrogens is 438 g/mol. The van der Waals surface area contributed by atoms with Gasteiger partial charge in [-0.15, -0.1) is 0 Å². The lowest BCUT2D eigenvalue weighted by Crippen LogP contribution is -2.42. The summed E-state index contributed by atoms with van der Waals surface area (Å²) in [7, 11) is 0. The highest BCUT2D eigenvalue weighted by atomic mass is 16.3. The Hall–Kier alpha value is -1.98. The second kappa shape index (κ2) is 11.0. The van der Waals surface area contributed by atoms with Crippen LogP contribution in [0.25, 0.3) is 0 Å². The molecule has 35 heavy (non-hydrogen) atoms. The third-order valence-electron chi connectivity index (χ3n) is 10.0. The number of rotatable bonds is 9. The Bertz CT molecular complexity index is 938. The predicted molar refractivity (Wildman–Crippen MR) is 138 cm³/mol. The first-order valence-electron chi connectivity index (χ1n) is 13.8. The lowest BCUT2D eigenvalue weighted by molar-refractivity contribution is -0.136. The van der Waals surface area contributed by atoms with Crippen molar-refractivity contribution in [2.24, 2.45) is 23.2 Å². The molecule has 192 valence electrons. The molecule has 5 atom stereocenters. The van der Waals surface area contributed by atoms with Crippen LogP contribution in [0, 0.1) is 23.2 Å². The normalized spacial score (nSPS) is 31.2. The van der Waals surface area contributed by atoms with Gasteiger partial charge in [0.25, 0.3) is 11.8 Å². The minimum absolute atomic E-state index is 0. The number of aryl methyl sites for hydroxylation is 1. The lowest BCUT2D eigenvalue weighted by Gasteiger charge is -2.51. The second-order valence-corrected chi connectivity index (χ2v) is 11.6. The van der Waals surface area contributed by atoms with Gasteiger partial charge in [0.1, 0.15) is 0 Å². The van der Waals surface area contributed by atoms with E-state index in [0.29, 0.717) is 12.0 Å². The summed E-state index contributed by atoms with van der Waals surface area (Å²) in [4.78, 5) is 24.6. The molecule has 5 heteroatoms. The molecule has 0 aromatic heterocycles. The van der Waals surface area contributed by atoms with Gasteiger partial charge in [-0.05, 0) is 97.1 Å². The number of imide groups is 1. The molecule has 0 saturated heterocycles. The number of hydrogen-bond acceptors (Lipinski definition) is 3. The third kappa shape index (κ3) is 4.99. The second-order valence-electron chi connectivity index (χ2n) is 11.6. The fraction of sp³-hybridized carbons (Fsp3) is 0.667. The van der Waals surface area contributed by atoms with Crippen molar-refractivity contribution in [3.8, 4) is 0 Å². The van der Waals surface area contributed by atoms with Crippen LogP contribution in [-0.4, -0.2) is 33.8 Å². The number of carbonyl (C=O) groups excluding carboxylic acids is 2. The first kappa shape index (κ1) is 26.1. The quantitative estimate of drug-likeness (QED) is 0.393. The van der Waals surface area contributed by atoms with Gasteiger partial charge in [-0.1, -0.05) is 50.8 Å². The maximum absolute atomic E-state index is 11.6. The summed E-state index contributed by atoms with van der Waals surface area (Å²) < 4.78 is 0. The van der Waals surface area contributed by atoms with Gasteiger partial charge in [-0.2, -0.15) is 0 Å². The summed E-state index contributed by atoms with van der Waals surface area (Å²) in [5.74, 6) is 3.04. The van der Waals surface area contributed by atoms with Crippen LogP contribution in [0.5, 0.6) is 0 Å². The summed E-state index contributed by atoms with van der Waals surface area (Å²) in [6, 6.07) is 6.73. The lowest BCUT2D eigenvalue weighted by atomic mass is 9.54. The smallest absolute Gasteiger partial charge is 0.253 e. The first-order valence-corrected chi connectivity index (χ1v) is 13.8. The van der Waals surface area contributed by atoms with Gasteiger partial charge < -0.3 is 10.6 Å². The molecule has 1 aromatic carbocycles. The number of carbonyl (C=O) groups is 2. The van der Waals surface area contributed by atoms with E-state index in [1.54, 1.807) is 5.56 Å². The van der Waals surface area contributed by atoms with E-state index in [9.17, 15) is 14.7 Å². The molecule has 3 N–H and O–H groups in total.